The SMILES string of the molecule is Cc1c(C(=O)OCC(=O)N(C)c2ccccc2)oc2ccc(Br)cc12. The lowest BCUT2D eigenvalue weighted by Gasteiger charge is -2.16. The van der Waals surface area contributed by atoms with Crippen LogP contribution < -0.4 is 4.90 Å². The number of carbonyl (C=O) groups excluding carboxylic acids is 2. The number of para-hydroxylation sites is 1. The highest BCUT2D eigenvalue weighted by Gasteiger charge is 2.21. The van der Waals surface area contributed by atoms with Crippen LogP contribution in [0.4, 0.5) is 5.69 Å². The van der Waals surface area contributed by atoms with Gasteiger partial charge in [0.25, 0.3) is 5.91 Å². The van der Waals surface area contributed by atoms with Gasteiger partial charge in [-0.05, 0) is 37.3 Å². The van der Waals surface area contributed by atoms with Crippen LogP contribution in [0.25, 0.3) is 11.0 Å². The van der Waals surface area contributed by atoms with Gasteiger partial charge >= 0.3 is 5.97 Å². The van der Waals surface area contributed by atoms with Crippen LogP contribution in [0.3, 0.4) is 0 Å². The molecule has 0 saturated heterocycles. The van der Waals surface area contributed by atoms with Crippen molar-refractivity contribution in [3.8, 4) is 0 Å². The predicted molar refractivity (Wildman–Crippen MR) is 98.8 cm³/mol. The zero-order valence-corrected chi connectivity index (χ0v) is 15.4. The molecule has 0 fully saturated rings. The van der Waals surface area contributed by atoms with Crippen molar-refractivity contribution in [3.63, 3.8) is 0 Å². The molecule has 128 valence electrons. The van der Waals surface area contributed by atoms with Crippen LogP contribution in [0, 0.1) is 6.92 Å². The molecule has 0 radical (unpaired) electrons. The summed E-state index contributed by atoms with van der Waals surface area (Å²) in [5, 5.41) is 0.828. The number of ether oxygens (including phenoxy) is 1. The van der Waals surface area contributed by atoms with Gasteiger partial charge in [0.2, 0.25) is 5.76 Å². The summed E-state index contributed by atoms with van der Waals surface area (Å²) in [7, 11) is 1.63. The minimum Gasteiger partial charge on any atom is -0.450 e. The van der Waals surface area contributed by atoms with Gasteiger partial charge in [0.15, 0.2) is 6.61 Å². The molecule has 5 nitrogen and oxygen atoms in total. The molecule has 0 aliphatic rings. The molecule has 0 N–H and O–H groups in total. The van der Waals surface area contributed by atoms with Gasteiger partial charge in [0.05, 0.1) is 0 Å². The molecule has 3 aromatic rings. The third-order valence-electron chi connectivity index (χ3n) is 3.93. The average Bonchev–Trinajstić information content (AvgIpc) is 2.96. The van der Waals surface area contributed by atoms with Crippen LogP contribution in [-0.4, -0.2) is 25.5 Å². The lowest BCUT2D eigenvalue weighted by molar-refractivity contribution is -0.121. The largest absolute Gasteiger partial charge is 0.450 e. The van der Waals surface area contributed by atoms with Gasteiger partial charge in [-0.25, -0.2) is 4.79 Å². The summed E-state index contributed by atoms with van der Waals surface area (Å²) in [5.74, 6) is -0.862. The van der Waals surface area contributed by atoms with E-state index < -0.39 is 5.97 Å². The number of fused-ring (bicyclic) bond motifs is 1. The fourth-order valence-electron chi connectivity index (χ4n) is 2.47. The molecule has 0 aliphatic carbocycles. The molecule has 1 aromatic heterocycles. The molecule has 25 heavy (non-hydrogen) atoms. The highest BCUT2D eigenvalue weighted by atomic mass is 79.9. The lowest BCUT2D eigenvalue weighted by atomic mass is 10.1. The van der Waals surface area contributed by atoms with Crippen molar-refractivity contribution in [2.45, 2.75) is 6.92 Å². The minimum absolute atomic E-state index is 0.114. The van der Waals surface area contributed by atoms with Gasteiger partial charge in [0.1, 0.15) is 5.58 Å². The highest BCUT2D eigenvalue weighted by molar-refractivity contribution is 9.10. The van der Waals surface area contributed by atoms with Crippen LogP contribution in [0.15, 0.2) is 57.4 Å². The number of rotatable bonds is 4. The maximum absolute atomic E-state index is 12.3. The minimum atomic E-state index is -0.653. The Morgan fingerprint density at radius 3 is 2.60 bits per heavy atom. The smallest absolute Gasteiger partial charge is 0.375 e. The maximum atomic E-state index is 12.3. The molecule has 0 spiro atoms. The number of benzene rings is 2. The number of esters is 1. The number of nitrogens with zero attached hydrogens (tertiary/aromatic N) is 1. The van der Waals surface area contributed by atoms with Crippen LogP contribution in [0.1, 0.15) is 16.1 Å². The van der Waals surface area contributed by atoms with Gasteiger partial charge < -0.3 is 14.1 Å². The van der Waals surface area contributed by atoms with Crippen molar-refractivity contribution < 1.29 is 18.7 Å². The number of furan rings is 1. The van der Waals surface area contributed by atoms with Gasteiger partial charge in [-0.1, -0.05) is 34.1 Å². The van der Waals surface area contributed by atoms with Gasteiger partial charge in [-0.2, -0.15) is 0 Å². The summed E-state index contributed by atoms with van der Waals surface area (Å²) in [6.45, 7) is 1.43. The fourth-order valence-corrected chi connectivity index (χ4v) is 2.83. The fraction of sp³-hybridized carbons (Fsp3) is 0.158. The number of likely N-dealkylation sites (N-methyl/N-ethyl adjacent to an activating group) is 1. The first kappa shape index (κ1) is 17.2. The van der Waals surface area contributed by atoms with E-state index in [0.717, 1.165) is 15.5 Å². The Labute approximate surface area is 153 Å². The molecule has 0 aliphatic heterocycles. The van der Waals surface area contributed by atoms with E-state index in [1.807, 2.05) is 30.3 Å². The maximum Gasteiger partial charge on any atom is 0.375 e. The predicted octanol–water partition coefficient (Wildman–Crippen LogP) is 4.32. The third-order valence-corrected chi connectivity index (χ3v) is 4.42. The molecule has 1 amide bonds. The van der Waals surface area contributed by atoms with Crippen LogP contribution in [-0.2, 0) is 9.53 Å². The first-order valence-corrected chi connectivity index (χ1v) is 8.44. The lowest BCUT2D eigenvalue weighted by Crippen LogP contribution is -2.31. The second kappa shape index (κ2) is 7.11. The first-order valence-electron chi connectivity index (χ1n) is 7.64. The third kappa shape index (κ3) is 3.58. The Balaban J connectivity index is 1.70. The van der Waals surface area contributed by atoms with Crippen LogP contribution in [0.5, 0.6) is 0 Å². The van der Waals surface area contributed by atoms with Gasteiger partial charge in [-0.15, -0.1) is 0 Å². The van der Waals surface area contributed by atoms with Crippen molar-refractivity contribution in [1.82, 2.24) is 0 Å². The van der Waals surface area contributed by atoms with E-state index in [1.54, 1.807) is 32.2 Å². The van der Waals surface area contributed by atoms with Crippen molar-refractivity contribution in [2.75, 3.05) is 18.6 Å². The van der Waals surface area contributed by atoms with E-state index in [1.165, 1.54) is 4.90 Å². The monoisotopic (exact) mass is 401 g/mol. The Morgan fingerprint density at radius 2 is 1.88 bits per heavy atom. The second-order valence-electron chi connectivity index (χ2n) is 5.56. The second-order valence-corrected chi connectivity index (χ2v) is 6.48. The average molecular weight is 402 g/mol. The molecule has 6 heteroatoms. The summed E-state index contributed by atoms with van der Waals surface area (Å²) in [5.41, 5.74) is 2.01. The number of aryl methyl sites for hydroxylation is 1. The number of anilines is 1. The van der Waals surface area contributed by atoms with Crippen LogP contribution in [0.2, 0.25) is 0 Å². The Hall–Kier alpha value is -2.60. The van der Waals surface area contributed by atoms with E-state index in [2.05, 4.69) is 15.9 Å². The highest BCUT2D eigenvalue weighted by Crippen LogP contribution is 2.28. The van der Waals surface area contributed by atoms with E-state index in [9.17, 15) is 9.59 Å². The first-order chi connectivity index (χ1) is 12.0. The Kier molecular flexibility index (Phi) is 4.90. The molecule has 0 saturated carbocycles. The van der Waals surface area contributed by atoms with Gasteiger partial charge in [-0.3, -0.25) is 4.79 Å². The zero-order valence-electron chi connectivity index (χ0n) is 13.8. The summed E-state index contributed by atoms with van der Waals surface area (Å²) in [4.78, 5) is 25.9. The standard InChI is InChI=1S/C19H16BrNO4/c1-12-15-10-13(20)8-9-16(15)25-18(12)19(23)24-11-17(22)21(2)14-6-4-3-5-7-14/h3-10H,11H2,1-2H3. The number of carbonyl (C=O) groups is 2. The number of amides is 1. The van der Waals surface area contributed by atoms with Crippen molar-refractivity contribution in [3.05, 3.63) is 64.3 Å². The number of halogens is 1. The Morgan fingerprint density at radius 1 is 1.16 bits per heavy atom. The van der Waals surface area contributed by atoms with Crippen molar-refractivity contribution in [1.29, 1.82) is 0 Å². The van der Waals surface area contributed by atoms with E-state index in [4.69, 9.17) is 9.15 Å². The van der Waals surface area contributed by atoms with Crippen molar-refractivity contribution in [2.24, 2.45) is 0 Å². The normalized spacial score (nSPS) is 10.7. The molecule has 1 heterocycles. The van der Waals surface area contributed by atoms with Crippen LogP contribution >= 0.6 is 15.9 Å². The van der Waals surface area contributed by atoms with E-state index in [0.29, 0.717) is 11.1 Å². The molecule has 0 atom stereocenters. The Bertz CT molecular complexity index is 933. The number of hydrogen-bond acceptors (Lipinski definition) is 4. The topological polar surface area (TPSA) is 59.8 Å². The zero-order chi connectivity index (χ0) is 18.0. The molecule has 0 unspecified atom stereocenters. The number of hydrogen-bond donors (Lipinski definition) is 0. The summed E-state index contributed by atoms with van der Waals surface area (Å²) in [6, 6.07) is 14.6. The summed E-state index contributed by atoms with van der Waals surface area (Å²) >= 11 is 3.39. The molecular weight excluding hydrogens is 386 g/mol. The van der Waals surface area contributed by atoms with E-state index >= 15 is 0 Å². The summed E-state index contributed by atoms with van der Waals surface area (Å²) in [6.07, 6.45) is 0. The molecule has 3 rings (SSSR count). The van der Waals surface area contributed by atoms with E-state index in [-0.39, 0.29) is 18.3 Å². The van der Waals surface area contributed by atoms with Crippen molar-refractivity contribution >= 4 is 44.5 Å². The quantitative estimate of drug-likeness (QED) is 0.610. The van der Waals surface area contributed by atoms with Gasteiger partial charge in [0, 0.05) is 28.2 Å². The molecule has 2 aromatic carbocycles. The summed E-state index contributed by atoms with van der Waals surface area (Å²) < 4.78 is 11.6. The molecule has 0 bridgehead atoms. The molecular formula is C19H16BrNO4.